The summed E-state index contributed by atoms with van der Waals surface area (Å²) < 4.78 is 5.71. The van der Waals surface area contributed by atoms with Gasteiger partial charge in [0.05, 0.1) is 12.7 Å². The fourth-order valence-electron chi connectivity index (χ4n) is 3.40. The van der Waals surface area contributed by atoms with E-state index in [4.69, 9.17) is 16.3 Å². The number of hydrogen-bond donors (Lipinski definition) is 1. The van der Waals surface area contributed by atoms with E-state index in [1.165, 1.54) is 25.7 Å². The van der Waals surface area contributed by atoms with Crippen molar-refractivity contribution in [2.45, 2.75) is 51.0 Å². The van der Waals surface area contributed by atoms with Gasteiger partial charge in [-0.15, -0.1) is 0 Å². The lowest BCUT2D eigenvalue weighted by atomic mass is 9.88. The van der Waals surface area contributed by atoms with Gasteiger partial charge in [-0.25, -0.2) is 0 Å². The normalized spacial score (nSPS) is 21.6. The summed E-state index contributed by atoms with van der Waals surface area (Å²) in [6, 6.07) is 3.86. The molecule has 1 aromatic rings. The van der Waals surface area contributed by atoms with Gasteiger partial charge in [0, 0.05) is 17.0 Å². The molecule has 3 heteroatoms. The van der Waals surface area contributed by atoms with E-state index in [1.807, 2.05) is 12.1 Å². The SMILES string of the molecule is OC(c1cc(Cl)cc2c1OCC2)C1CCCCCC1. The van der Waals surface area contributed by atoms with Crippen molar-refractivity contribution in [2.24, 2.45) is 5.92 Å². The quantitative estimate of drug-likeness (QED) is 0.820. The lowest BCUT2D eigenvalue weighted by Crippen LogP contribution is -2.13. The largest absolute Gasteiger partial charge is 0.493 e. The number of aliphatic hydroxyl groups excluding tert-OH is 1. The van der Waals surface area contributed by atoms with Crippen molar-refractivity contribution in [3.63, 3.8) is 0 Å². The van der Waals surface area contributed by atoms with Crippen molar-refractivity contribution >= 4 is 11.6 Å². The van der Waals surface area contributed by atoms with Gasteiger partial charge < -0.3 is 9.84 Å². The molecule has 1 fully saturated rings. The lowest BCUT2D eigenvalue weighted by molar-refractivity contribution is 0.0959. The molecule has 1 atom stereocenters. The number of rotatable bonds is 2. The third-order valence-electron chi connectivity index (χ3n) is 4.44. The van der Waals surface area contributed by atoms with Crippen molar-refractivity contribution in [3.8, 4) is 5.75 Å². The molecule has 0 amide bonds. The highest BCUT2D eigenvalue weighted by atomic mass is 35.5. The Labute approximate surface area is 119 Å². The van der Waals surface area contributed by atoms with Crippen LogP contribution in [0.25, 0.3) is 0 Å². The van der Waals surface area contributed by atoms with E-state index in [0.29, 0.717) is 17.5 Å². The van der Waals surface area contributed by atoms with E-state index in [9.17, 15) is 5.11 Å². The Balaban J connectivity index is 1.88. The maximum atomic E-state index is 10.7. The highest BCUT2D eigenvalue weighted by Gasteiger charge is 2.28. The monoisotopic (exact) mass is 280 g/mol. The van der Waals surface area contributed by atoms with Crippen LogP contribution in [0.15, 0.2) is 12.1 Å². The summed E-state index contributed by atoms with van der Waals surface area (Å²) in [4.78, 5) is 0. The molecule has 1 saturated carbocycles. The number of hydrogen-bond acceptors (Lipinski definition) is 2. The zero-order valence-electron chi connectivity index (χ0n) is 11.2. The van der Waals surface area contributed by atoms with Gasteiger partial charge in [-0.1, -0.05) is 37.3 Å². The van der Waals surface area contributed by atoms with Crippen LogP contribution >= 0.6 is 11.6 Å². The molecule has 1 unspecified atom stereocenters. The minimum atomic E-state index is -0.427. The second-order valence-corrected chi connectivity index (χ2v) is 6.21. The molecule has 19 heavy (non-hydrogen) atoms. The summed E-state index contributed by atoms with van der Waals surface area (Å²) in [7, 11) is 0. The topological polar surface area (TPSA) is 29.5 Å². The predicted octanol–water partition coefficient (Wildman–Crippen LogP) is 4.28. The van der Waals surface area contributed by atoms with Gasteiger partial charge in [-0.3, -0.25) is 0 Å². The standard InChI is InChI=1S/C16H21ClO2/c17-13-9-12-7-8-19-16(12)14(10-13)15(18)11-5-3-1-2-4-6-11/h9-11,15,18H,1-8H2. The van der Waals surface area contributed by atoms with Crippen molar-refractivity contribution in [1.29, 1.82) is 0 Å². The molecule has 2 aliphatic rings. The summed E-state index contributed by atoms with van der Waals surface area (Å²) in [5, 5.41) is 11.4. The molecule has 0 radical (unpaired) electrons. The minimum absolute atomic E-state index is 0.356. The fourth-order valence-corrected chi connectivity index (χ4v) is 3.65. The molecule has 1 aromatic carbocycles. The highest BCUT2D eigenvalue weighted by Crippen LogP contribution is 2.41. The minimum Gasteiger partial charge on any atom is -0.493 e. The zero-order valence-corrected chi connectivity index (χ0v) is 12.0. The Morgan fingerprint density at radius 2 is 1.89 bits per heavy atom. The fraction of sp³-hybridized carbons (Fsp3) is 0.625. The first kappa shape index (κ1) is 13.3. The first-order valence-corrected chi connectivity index (χ1v) is 7.76. The van der Waals surface area contributed by atoms with Gasteiger partial charge in [0.2, 0.25) is 0 Å². The second-order valence-electron chi connectivity index (χ2n) is 5.78. The Hall–Kier alpha value is -0.730. The van der Waals surface area contributed by atoms with Gasteiger partial charge in [-0.05, 0) is 36.5 Å². The summed E-state index contributed by atoms with van der Waals surface area (Å²) >= 11 is 6.18. The first-order valence-electron chi connectivity index (χ1n) is 7.39. The Morgan fingerprint density at radius 3 is 2.63 bits per heavy atom. The Kier molecular flexibility index (Phi) is 3.99. The summed E-state index contributed by atoms with van der Waals surface area (Å²) in [5.74, 6) is 1.25. The molecule has 2 nitrogen and oxygen atoms in total. The average Bonchev–Trinajstić information content (AvgIpc) is 2.70. The number of aliphatic hydroxyl groups is 1. The number of benzene rings is 1. The third kappa shape index (κ3) is 2.75. The van der Waals surface area contributed by atoms with Crippen LogP contribution in [0, 0.1) is 5.92 Å². The van der Waals surface area contributed by atoms with Crippen LogP contribution in [-0.2, 0) is 6.42 Å². The van der Waals surface area contributed by atoms with E-state index in [0.717, 1.165) is 36.1 Å². The van der Waals surface area contributed by atoms with Crippen LogP contribution in [0.1, 0.15) is 55.8 Å². The van der Waals surface area contributed by atoms with Gasteiger partial charge >= 0.3 is 0 Å². The van der Waals surface area contributed by atoms with Crippen LogP contribution < -0.4 is 4.74 Å². The molecule has 0 saturated heterocycles. The molecule has 104 valence electrons. The molecule has 1 N–H and O–H groups in total. The maximum Gasteiger partial charge on any atom is 0.128 e. The highest BCUT2D eigenvalue weighted by molar-refractivity contribution is 6.30. The first-order chi connectivity index (χ1) is 9.25. The van der Waals surface area contributed by atoms with E-state index >= 15 is 0 Å². The van der Waals surface area contributed by atoms with Crippen molar-refractivity contribution in [3.05, 3.63) is 28.3 Å². The molecule has 0 spiro atoms. The second kappa shape index (κ2) is 5.72. The molecule has 1 heterocycles. The van der Waals surface area contributed by atoms with E-state index in [1.54, 1.807) is 0 Å². The summed E-state index contributed by atoms with van der Waals surface area (Å²) in [6.45, 7) is 0.708. The van der Waals surface area contributed by atoms with E-state index in [-0.39, 0.29) is 0 Å². The molecular weight excluding hydrogens is 260 g/mol. The van der Waals surface area contributed by atoms with Crippen molar-refractivity contribution in [1.82, 2.24) is 0 Å². The summed E-state index contributed by atoms with van der Waals surface area (Å²) in [5.41, 5.74) is 2.06. The maximum absolute atomic E-state index is 10.7. The average molecular weight is 281 g/mol. The Morgan fingerprint density at radius 1 is 1.16 bits per heavy atom. The number of halogens is 1. The van der Waals surface area contributed by atoms with Crippen LogP contribution in [0.4, 0.5) is 0 Å². The lowest BCUT2D eigenvalue weighted by Gasteiger charge is -2.23. The Bertz CT molecular complexity index is 450. The molecular formula is C16H21ClO2. The van der Waals surface area contributed by atoms with Crippen LogP contribution in [0.3, 0.4) is 0 Å². The van der Waals surface area contributed by atoms with Gasteiger partial charge in [0.15, 0.2) is 0 Å². The van der Waals surface area contributed by atoms with Crippen LogP contribution in [0.2, 0.25) is 5.02 Å². The third-order valence-corrected chi connectivity index (χ3v) is 4.66. The molecule has 3 rings (SSSR count). The molecule has 1 aliphatic carbocycles. The zero-order chi connectivity index (χ0) is 13.2. The number of ether oxygens (including phenoxy) is 1. The smallest absolute Gasteiger partial charge is 0.128 e. The van der Waals surface area contributed by atoms with Crippen LogP contribution in [0.5, 0.6) is 5.75 Å². The van der Waals surface area contributed by atoms with Crippen molar-refractivity contribution < 1.29 is 9.84 Å². The summed E-state index contributed by atoms with van der Waals surface area (Å²) in [6.07, 6.45) is 7.76. The van der Waals surface area contributed by atoms with E-state index < -0.39 is 6.10 Å². The predicted molar refractivity (Wildman–Crippen MR) is 76.8 cm³/mol. The van der Waals surface area contributed by atoms with E-state index in [2.05, 4.69) is 0 Å². The molecule has 0 aromatic heterocycles. The van der Waals surface area contributed by atoms with Gasteiger partial charge in [-0.2, -0.15) is 0 Å². The van der Waals surface area contributed by atoms with Gasteiger partial charge in [0.1, 0.15) is 5.75 Å². The molecule has 1 aliphatic heterocycles. The molecule has 0 bridgehead atoms. The van der Waals surface area contributed by atoms with Gasteiger partial charge in [0.25, 0.3) is 0 Å². The van der Waals surface area contributed by atoms with Crippen LogP contribution in [-0.4, -0.2) is 11.7 Å². The van der Waals surface area contributed by atoms with Crippen molar-refractivity contribution in [2.75, 3.05) is 6.61 Å². The number of fused-ring (bicyclic) bond motifs is 1.